The molecule has 0 fully saturated rings. The summed E-state index contributed by atoms with van der Waals surface area (Å²) in [5.41, 5.74) is 0. The van der Waals surface area contributed by atoms with Crippen LogP contribution in [-0.4, -0.2) is 37.2 Å². The molecule has 0 aliphatic heterocycles. The smallest absolute Gasteiger partial charge is 0.306 e. The minimum absolute atomic E-state index is 0.0804. The lowest BCUT2D eigenvalue weighted by Crippen LogP contribution is -2.30. The Labute approximate surface area is 490 Å². The van der Waals surface area contributed by atoms with Gasteiger partial charge in [0, 0.05) is 19.3 Å². The van der Waals surface area contributed by atoms with Gasteiger partial charge in [0.1, 0.15) is 13.2 Å². The van der Waals surface area contributed by atoms with Gasteiger partial charge in [-0.3, -0.25) is 14.4 Å². The molecule has 0 spiro atoms. The number of hydrogen-bond donors (Lipinski definition) is 0. The number of ether oxygens (including phenoxy) is 3. The van der Waals surface area contributed by atoms with Crippen LogP contribution in [0, 0.1) is 0 Å². The Bertz CT molecular complexity index is 1500. The fraction of sp³-hybridized carbons (Fsp3) is 0.767. The van der Waals surface area contributed by atoms with Crippen molar-refractivity contribution in [2.45, 2.75) is 348 Å². The number of carbonyl (C=O) groups is 3. The van der Waals surface area contributed by atoms with Gasteiger partial charge in [0.25, 0.3) is 0 Å². The summed E-state index contributed by atoms with van der Waals surface area (Å²) in [4.78, 5) is 38.4. The lowest BCUT2D eigenvalue weighted by molar-refractivity contribution is -0.167. The van der Waals surface area contributed by atoms with E-state index in [9.17, 15) is 14.4 Å². The quantitative estimate of drug-likeness (QED) is 0.0261. The Balaban J connectivity index is 4.28. The largest absolute Gasteiger partial charge is 0.462 e. The number of carbonyl (C=O) groups excluding carboxylic acids is 3. The number of unbranched alkanes of at least 4 members (excludes halogenated alkanes) is 37. The summed E-state index contributed by atoms with van der Waals surface area (Å²) < 4.78 is 17.0. The van der Waals surface area contributed by atoms with Gasteiger partial charge in [0.15, 0.2) is 6.10 Å². The van der Waals surface area contributed by atoms with Crippen molar-refractivity contribution in [1.82, 2.24) is 0 Å². The van der Waals surface area contributed by atoms with E-state index in [1.54, 1.807) is 0 Å². The van der Waals surface area contributed by atoms with E-state index in [1.165, 1.54) is 199 Å². The highest BCUT2D eigenvalue weighted by Crippen LogP contribution is 2.17. The Morgan fingerprint density at radius 3 is 0.797 bits per heavy atom. The van der Waals surface area contributed by atoms with Crippen molar-refractivity contribution in [2.75, 3.05) is 13.2 Å². The van der Waals surface area contributed by atoms with Gasteiger partial charge in [-0.25, -0.2) is 0 Å². The highest BCUT2D eigenvalue weighted by molar-refractivity contribution is 5.71. The van der Waals surface area contributed by atoms with E-state index in [0.29, 0.717) is 19.3 Å². The Morgan fingerprint density at radius 2 is 0.494 bits per heavy atom. The molecule has 0 amide bonds. The summed E-state index contributed by atoms with van der Waals surface area (Å²) in [6.07, 6.45) is 88.9. The van der Waals surface area contributed by atoms with Gasteiger partial charge in [-0.15, -0.1) is 0 Å². The third-order valence-electron chi connectivity index (χ3n) is 14.9. The first-order chi connectivity index (χ1) is 39.0. The topological polar surface area (TPSA) is 78.9 Å². The van der Waals surface area contributed by atoms with Crippen LogP contribution < -0.4 is 0 Å². The highest BCUT2D eigenvalue weighted by atomic mass is 16.6. The molecule has 456 valence electrons. The molecular weight excluding hydrogens is 973 g/mol. The summed E-state index contributed by atoms with van der Waals surface area (Å²) >= 11 is 0. The van der Waals surface area contributed by atoms with Crippen molar-refractivity contribution in [1.29, 1.82) is 0 Å². The minimum Gasteiger partial charge on any atom is -0.462 e. The molecule has 1 unspecified atom stereocenters. The van der Waals surface area contributed by atoms with Crippen LogP contribution in [0.3, 0.4) is 0 Å². The molecule has 0 radical (unpaired) electrons. The average molecular weight is 1100 g/mol. The lowest BCUT2D eigenvalue weighted by atomic mass is 10.0. The molecule has 0 aliphatic carbocycles. The molecule has 0 aromatic heterocycles. The zero-order valence-electron chi connectivity index (χ0n) is 52.4. The van der Waals surface area contributed by atoms with Crippen molar-refractivity contribution in [3.05, 3.63) is 85.1 Å². The van der Waals surface area contributed by atoms with Crippen LogP contribution in [0.1, 0.15) is 342 Å². The van der Waals surface area contributed by atoms with E-state index in [2.05, 4.69) is 106 Å². The maximum absolute atomic E-state index is 12.9. The molecule has 6 heteroatoms. The molecule has 0 N–H and O–H groups in total. The zero-order valence-corrected chi connectivity index (χ0v) is 52.4. The maximum atomic E-state index is 12.9. The van der Waals surface area contributed by atoms with E-state index in [4.69, 9.17) is 14.2 Å². The third-order valence-corrected chi connectivity index (χ3v) is 14.9. The molecule has 0 saturated heterocycles. The first kappa shape index (κ1) is 75.6. The van der Waals surface area contributed by atoms with Gasteiger partial charge >= 0.3 is 17.9 Å². The van der Waals surface area contributed by atoms with Gasteiger partial charge in [0.05, 0.1) is 0 Å². The van der Waals surface area contributed by atoms with Crippen molar-refractivity contribution >= 4 is 17.9 Å². The van der Waals surface area contributed by atoms with Crippen molar-refractivity contribution in [3.63, 3.8) is 0 Å². The molecule has 6 nitrogen and oxygen atoms in total. The van der Waals surface area contributed by atoms with Crippen LogP contribution in [0.2, 0.25) is 0 Å². The van der Waals surface area contributed by atoms with Crippen LogP contribution in [0.15, 0.2) is 85.1 Å². The first-order valence-corrected chi connectivity index (χ1v) is 34.1. The van der Waals surface area contributed by atoms with E-state index < -0.39 is 6.10 Å². The zero-order chi connectivity index (χ0) is 57.1. The normalized spacial score (nSPS) is 12.6. The maximum Gasteiger partial charge on any atom is 0.306 e. The second kappa shape index (κ2) is 67.1. The molecule has 0 bridgehead atoms. The number of esters is 3. The molecule has 0 aromatic rings. The van der Waals surface area contributed by atoms with Crippen molar-refractivity contribution in [3.8, 4) is 0 Å². The van der Waals surface area contributed by atoms with E-state index >= 15 is 0 Å². The fourth-order valence-electron chi connectivity index (χ4n) is 9.76. The first-order valence-electron chi connectivity index (χ1n) is 34.1. The van der Waals surface area contributed by atoms with Crippen LogP contribution in [0.4, 0.5) is 0 Å². The van der Waals surface area contributed by atoms with Crippen molar-refractivity contribution < 1.29 is 28.6 Å². The van der Waals surface area contributed by atoms with Crippen LogP contribution in [0.25, 0.3) is 0 Å². The van der Waals surface area contributed by atoms with Gasteiger partial charge in [-0.2, -0.15) is 0 Å². The molecule has 0 heterocycles. The predicted octanol–water partition coefficient (Wildman–Crippen LogP) is 23.4. The SMILES string of the molecule is CC/C=C\C/C=C\C/C=C\C/C=C\CCCCCCCCCCC(=O)OC(COC(=O)CCCCCCC/C=C\CCCCCC)COC(=O)CCCCCCCCCCCCCCCCC/C=C\C/C=C\CCCCCCC. The van der Waals surface area contributed by atoms with Gasteiger partial charge in [-0.05, 0) is 116 Å². The summed E-state index contributed by atoms with van der Waals surface area (Å²) in [6.45, 7) is 6.53. The summed E-state index contributed by atoms with van der Waals surface area (Å²) in [5.74, 6) is -0.883. The monoisotopic (exact) mass is 1100 g/mol. The second-order valence-electron chi connectivity index (χ2n) is 22.7. The van der Waals surface area contributed by atoms with E-state index in [1.807, 2.05) is 0 Å². The Hall–Kier alpha value is -3.41. The molecular formula is C73H128O6. The molecule has 1 atom stereocenters. The van der Waals surface area contributed by atoms with E-state index in [-0.39, 0.29) is 31.1 Å². The summed E-state index contributed by atoms with van der Waals surface area (Å²) in [7, 11) is 0. The number of allylic oxidation sites excluding steroid dienone is 14. The third kappa shape index (κ3) is 65.3. The van der Waals surface area contributed by atoms with Crippen LogP contribution >= 0.6 is 0 Å². The van der Waals surface area contributed by atoms with Crippen LogP contribution in [0.5, 0.6) is 0 Å². The van der Waals surface area contributed by atoms with Gasteiger partial charge in [0.2, 0.25) is 0 Å². The molecule has 0 aliphatic rings. The van der Waals surface area contributed by atoms with Gasteiger partial charge in [-0.1, -0.05) is 292 Å². The van der Waals surface area contributed by atoms with Gasteiger partial charge < -0.3 is 14.2 Å². The molecule has 0 aromatic carbocycles. The predicted molar refractivity (Wildman–Crippen MR) is 344 cm³/mol. The average Bonchev–Trinajstić information content (AvgIpc) is 3.45. The highest BCUT2D eigenvalue weighted by Gasteiger charge is 2.19. The van der Waals surface area contributed by atoms with Crippen molar-refractivity contribution in [2.24, 2.45) is 0 Å². The van der Waals surface area contributed by atoms with Crippen LogP contribution in [-0.2, 0) is 28.6 Å². The molecule has 0 saturated carbocycles. The van der Waals surface area contributed by atoms with E-state index in [0.717, 1.165) is 103 Å². The number of rotatable bonds is 62. The Morgan fingerprint density at radius 1 is 0.266 bits per heavy atom. The fourth-order valence-corrected chi connectivity index (χ4v) is 9.76. The summed E-state index contributed by atoms with van der Waals surface area (Å²) in [6, 6.07) is 0. The molecule has 79 heavy (non-hydrogen) atoms. The standard InChI is InChI=1S/C73H128O6/c1-4-7-10-13-16-19-22-25-27-29-31-33-34-35-36-37-38-40-41-43-45-48-51-54-57-60-63-66-72(75)78-69-70(68-77-71(74)65-62-59-56-53-50-47-24-21-18-15-12-9-6-3)79-73(76)67-64-61-58-55-52-49-46-44-42-39-32-30-28-26-23-20-17-14-11-8-5-2/h8,11,17,20-22,24-26,28-29,31-32,39,70H,4-7,9-10,12-16,18-19,23,27,30,33-38,40-69H2,1-3H3/b11-8-,20-17-,24-21-,25-22-,28-26-,31-29-,39-32-. The molecule has 0 rings (SSSR count). The Kier molecular flexibility index (Phi) is 64.2. The summed E-state index contributed by atoms with van der Waals surface area (Å²) in [5, 5.41) is 0. The minimum atomic E-state index is -0.785. The second-order valence-corrected chi connectivity index (χ2v) is 22.7. The lowest BCUT2D eigenvalue weighted by Gasteiger charge is -2.18. The number of hydrogen-bond acceptors (Lipinski definition) is 6.